The summed E-state index contributed by atoms with van der Waals surface area (Å²) < 4.78 is 0. The number of hydrogen-bond donors (Lipinski definition) is 2. The fourth-order valence-electron chi connectivity index (χ4n) is 1.54. The lowest BCUT2D eigenvalue weighted by Crippen LogP contribution is -2.41. The van der Waals surface area contributed by atoms with Gasteiger partial charge in [-0.1, -0.05) is 13.8 Å². The Morgan fingerprint density at radius 2 is 1.74 bits per heavy atom. The van der Waals surface area contributed by atoms with Crippen molar-refractivity contribution >= 4 is 5.91 Å². The first-order valence-corrected chi connectivity index (χ1v) is 7.55. The van der Waals surface area contributed by atoms with E-state index in [0.717, 1.165) is 19.5 Å². The molecule has 114 valence electrons. The average Bonchev–Trinajstić information content (AvgIpc) is 2.32. The first kappa shape index (κ1) is 18.4. The maximum atomic E-state index is 11.6. The van der Waals surface area contributed by atoms with Gasteiger partial charge in [-0.2, -0.15) is 0 Å². The van der Waals surface area contributed by atoms with Crippen LogP contribution in [0.4, 0.5) is 0 Å². The monoisotopic (exact) mass is 271 g/mol. The maximum Gasteiger partial charge on any atom is 0.234 e. The predicted molar refractivity (Wildman–Crippen MR) is 82.3 cm³/mol. The highest BCUT2D eigenvalue weighted by atomic mass is 16.1. The van der Waals surface area contributed by atoms with Gasteiger partial charge >= 0.3 is 0 Å². The van der Waals surface area contributed by atoms with E-state index in [4.69, 9.17) is 0 Å². The number of carbonyl (C=O) groups excluding carboxylic acids is 1. The summed E-state index contributed by atoms with van der Waals surface area (Å²) in [5, 5.41) is 6.20. The van der Waals surface area contributed by atoms with E-state index in [0.29, 0.717) is 18.5 Å². The van der Waals surface area contributed by atoms with Crippen LogP contribution in [-0.4, -0.2) is 49.6 Å². The smallest absolute Gasteiger partial charge is 0.234 e. The number of rotatable bonds is 10. The van der Waals surface area contributed by atoms with Crippen LogP contribution in [0.25, 0.3) is 0 Å². The standard InChI is InChI=1S/C15H33N3O/c1-12(2)14(5)17-15(19)11-16-9-7-8-10-18(6)13(3)4/h12-14,16H,7-11H2,1-6H3,(H,17,19). The van der Waals surface area contributed by atoms with Crippen molar-refractivity contribution in [1.82, 2.24) is 15.5 Å². The van der Waals surface area contributed by atoms with Crippen LogP contribution in [0.2, 0.25) is 0 Å². The van der Waals surface area contributed by atoms with Crippen LogP contribution in [0.5, 0.6) is 0 Å². The van der Waals surface area contributed by atoms with Gasteiger partial charge in [0.25, 0.3) is 0 Å². The van der Waals surface area contributed by atoms with Crippen molar-refractivity contribution in [3.63, 3.8) is 0 Å². The summed E-state index contributed by atoms with van der Waals surface area (Å²) in [6, 6.07) is 0.852. The molecule has 0 aromatic rings. The molecular weight excluding hydrogens is 238 g/mol. The number of nitrogens with one attached hydrogen (secondary N) is 2. The molecule has 2 N–H and O–H groups in total. The van der Waals surface area contributed by atoms with Crippen LogP contribution < -0.4 is 10.6 Å². The molecular formula is C15H33N3O. The Balaban J connectivity index is 3.47. The van der Waals surface area contributed by atoms with Crippen LogP contribution in [0.3, 0.4) is 0 Å². The molecule has 0 bridgehead atoms. The third-order valence-corrected chi connectivity index (χ3v) is 3.67. The molecule has 0 radical (unpaired) electrons. The van der Waals surface area contributed by atoms with Crippen LogP contribution in [0.15, 0.2) is 0 Å². The minimum Gasteiger partial charge on any atom is -0.352 e. The largest absolute Gasteiger partial charge is 0.352 e. The average molecular weight is 271 g/mol. The molecule has 0 rings (SSSR count). The van der Waals surface area contributed by atoms with Gasteiger partial charge in [-0.3, -0.25) is 4.79 Å². The molecule has 4 nitrogen and oxygen atoms in total. The lowest BCUT2D eigenvalue weighted by atomic mass is 10.1. The molecule has 0 saturated heterocycles. The second-order valence-electron chi connectivity index (χ2n) is 6.06. The molecule has 19 heavy (non-hydrogen) atoms. The summed E-state index contributed by atoms with van der Waals surface area (Å²) in [5.41, 5.74) is 0. The molecule has 0 saturated carbocycles. The van der Waals surface area contributed by atoms with Gasteiger partial charge in [0.05, 0.1) is 6.54 Å². The van der Waals surface area contributed by atoms with Crippen molar-refractivity contribution in [3.8, 4) is 0 Å². The molecule has 1 amide bonds. The Labute approximate surface area is 119 Å². The Hall–Kier alpha value is -0.610. The van der Waals surface area contributed by atoms with Gasteiger partial charge in [0.15, 0.2) is 0 Å². The molecule has 0 aromatic carbocycles. The van der Waals surface area contributed by atoms with E-state index >= 15 is 0 Å². The second-order valence-corrected chi connectivity index (χ2v) is 6.06. The normalized spacial score (nSPS) is 13.3. The topological polar surface area (TPSA) is 44.4 Å². The lowest BCUT2D eigenvalue weighted by Gasteiger charge is -2.20. The van der Waals surface area contributed by atoms with E-state index < -0.39 is 0 Å². The summed E-state index contributed by atoms with van der Waals surface area (Å²) in [6.07, 6.45) is 2.29. The molecule has 0 aliphatic rings. The number of carbonyl (C=O) groups is 1. The van der Waals surface area contributed by atoms with Gasteiger partial charge in [-0.05, 0) is 59.7 Å². The molecule has 1 atom stereocenters. The zero-order chi connectivity index (χ0) is 14.8. The molecule has 0 fully saturated rings. The van der Waals surface area contributed by atoms with Gasteiger partial charge in [-0.15, -0.1) is 0 Å². The third-order valence-electron chi connectivity index (χ3n) is 3.67. The highest BCUT2D eigenvalue weighted by Gasteiger charge is 2.09. The van der Waals surface area contributed by atoms with Crippen LogP contribution in [0.1, 0.15) is 47.5 Å². The Bertz CT molecular complexity index is 242. The Morgan fingerprint density at radius 1 is 1.11 bits per heavy atom. The first-order valence-electron chi connectivity index (χ1n) is 7.55. The zero-order valence-corrected chi connectivity index (χ0v) is 13.6. The second kappa shape index (κ2) is 10.2. The van der Waals surface area contributed by atoms with Crippen molar-refractivity contribution in [2.45, 2.75) is 59.5 Å². The predicted octanol–water partition coefficient (Wildman–Crippen LogP) is 1.86. The summed E-state index contributed by atoms with van der Waals surface area (Å²) >= 11 is 0. The van der Waals surface area contributed by atoms with Crippen molar-refractivity contribution < 1.29 is 4.79 Å². The van der Waals surface area contributed by atoms with Crippen LogP contribution in [-0.2, 0) is 4.79 Å². The lowest BCUT2D eigenvalue weighted by molar-refractivity contribution is -0.121. The van der Waals surface area contributed by atoms with Gasteiger partial charge in [0, 0.05) is 12.1 Å². The summed E-state index contributed by atoms with van der Waals surface area (Å²) in [5.74, 6) is 0.580. The maximum absolute atomic E-state index is 11.6. The van der Waals surface area contributed by atoms with Crippen molar-refractivity contribution in [1.29, 1.82) is 0 Å². The molecule has 4 heteroatoms. The molecule has 0 aliphatic carbocycles. The Kier molecular flexibility index (Phi) is 9.88. The molecule has 0 heterocycles. The highest BCUT2D eigenvalue weighted by Crippen LogP contribution is 1.99. The summed E-state index contributed by atoms with van der Waals surface area (Å²) in [4.78, 5) is 14.0. The van der Waals surface area contributed by atoms with Crippen molar-refractivity contribution in [2.24, 2.45) is 5.92 Å². The number of amides is 1. The van der Waals surface area contributed by atoms with Crippen molar-refractivity contribution in [2.75, 3.05) is 26.7 Å². The number of unbranched alkanes of at least 4 members (excludes halogenated alkanes) is 1. The molecule has 1 unspecified atom stereocenters. The first-order chi connectivity index (χ1) is 8.84. The van der Waals surface area contributed by atoms with Crippen LogP contribution in [0, 0.1) is 5.92 Å². The quantitative estimate of drug-likeness (QED) is 0.596. The number of nitrogens with zero attached hydrogens (tertiary/aromatic N) is 1. The molecule has 0 aromatic heterocycles. The van der Waals surface area contributed by atoms with E-state index in [1.807, 2.05) is 6.92 Å². The SMILES string of the molecule is CC(C)C(C)NC(=O)CNCCCCN(C)C(C)C. The summed E-state index contributed by atoms with van der Waals surface area (Å²) in [7, 11) is 2.15. The summed E-state index contributed by atoms with van der Waals surface area (Å²) in [6.45, 7) is 13.1. The van der Waals surface area contributed by atoms with Crippen molar-refractivity contribution in [3.05, 3.63) is 0 Å². The Morgan fingerprint density at radius 3 is 2.26 bits per heavy atom. The van der Waals surface area contributed by atoms with E-state index in [-0.39, 0.29) is 11.9 Å². The fourth-order valence-corrected chi connectivity index (χ4v) is 1.54. The van der Waals surface area contributed by atoms with Gasteiger partial charge in [0.1, 0.15) is 0 Å². The zero-order valence-electron chi connectivity index (χ0n) is 13.6. The molecule has 0 spiro atoms. The minimum absolute atomic E-state index is 0.0977. The van der Waals surface area contributed by atoms with Crippen LogP contribution >= 0.6 is 0 Å². The highest BCUT2D eigenvalue weighted by molar-refractivity contribution is 5.78. The fraction of sp³-hybridized carbons (Fsp3) is 0.933. The minimum atomic E-state index is 0.0977. The third kappa shape index (κ3) is 9.91. The van der Waals surface area contributed by atoms with Gasteiger partial charge in [-0.25, -0.2) is 0 Å². The molecule has 0 aliphatic heterocycles. The van der Waals surface area contributed by atoms with Gasteiger partial charge < -0.3 is 15.5 Å². The number of hydrogen-bond acceptors (Lipinski definition) is 3. The van der Waals surface area contributed by atoms with E-state index in [2.05, 4.69) is 50.3 Å². The van der Waals surface area contributed by atoms with E-state index in [1.54, 1.807) is 0 Å². The van der Waals surface area contributed by atoms with Gasteiger partial charge in [0.2, 0.25) is 5.91 Å². The van der Waals surface area contributed by atoms with E-state index in [1.165, 1.54) is 6.42 Å². The van der Waals surface area contributed by atoms with E-state index in [9.17, 15) is 4.79 Å².